The number of hydrogen-bond donors (Lipinski definition) is 2. The Labute approximate surface area is 202 Å². The van der Waals surface area contributed by atoms with E-state index >= 15 is 0 Å². The second-order valence-electron chi connectivity index (χ2n) is 7.68. The van der Waals surface area contributed by atoms with Gasteiger partial charge in [0, 0.05) is 19.0 Å². The number of carbonyl (C=O) groups is 2. The maximum Gasteiger partial charge on any atom is 0.333 e. The van der Waals surface area contributed by atoms with E-state index in [4.69, 9.17) is 10.5 Å². The van der Waals surface area contributed by atoms with Crippen molar-refractivity contribution in [1.82, 2.24) is 23.7 Å². The average molecular weight is 498 g/mol. The molecule has 0 aliphatic carbocycles. The molecule has 0 atom stereocenters. The molecule has 0 saturated carbocycles. The van der Waals surface area contributed by atoms with Crippen molar-refractivity contribution in [2.45, 2.75) is 26.1 Å². The zero-order chi connectivity index (χ0) is 24.9. The highest BCUT2D eigenvalue weighted by molar-refractivity contribution is 7.13. The Kier molecular flexibility index (Phi) is 7.17. The monoisotopic (exact) mass is 497 g/mol. The van der Waals surface area contributed by atoms with E-state index in [1.54, 1.807) is 17.1 Å². The van der Waals surface area contributed by atoms with Crippen LogP contribution in [0, 0.1) is 0 Å². The number of aromatic nitrogens is 5. The van der Waals surface area contributed by atoms with Crippen LogP contribution in [0.3, 0.4) is 0 Å². The molecule has 0 unspecified atom stereocenters. The Balaban J connectivity index is 1.71. The van der Waals surface area contributed by atoms with Gasteiger partial charge in [0.1, 0.15) is 6.54 Å². The fourth-order valence-corrected chi connectivity index (χ4v) is 4.30. The van der Waals surface area contributed by atoms with Gasteiger partial charge in [-0.15, -0.1) is 11.3 Å². The van der Waals surface area contributed by atoms with Crippen LogP contribution >= 0.6 is 11.3 Å². The van der Waals surface area contributed by atoms with Crippen LogP contribution in [0.1, 0.15) is 11.3 Å². The third-order valence-electron chi connectivity index (χ3n) is 5.16. The number of amides is 2. The Hall–Kier alpha value is -4.10. The third-order valence-corrected chi connectivity index (χ3v) is 5.97. The summed E-state index contributed by atoms with van der Waals surface area (Å²) in [5, 5.41) is 4.39. The van der Waals surface area contributed by atoms with Crippen LogP contribution in [0.2, 0.25) is 0 Å². The number of benzene rings is 1. The minimum atomic E-state index is -0.660. The summed E-state index contributed by atoms with van der Waals surface area (Å²) in [5.74, 6) is -1.16. The van der Waals surface area contributed by atoms with Crippen molar-refractivity contribution in [2.75, 3.05) is 19.0 Å². The van der Waals surface area contributed by atoms with E-state index in [9.17, 15) is 19.2 Å². The number of ether oxygens (including phenoxy) is 1. The number of anilines is 1. The lowest BCUT2D eigenvalue weighted by Gasteiger charge is -2.12. The molecule has 0 aliphatic rings. The number of nitrogens with two attached hydrogens (primary N) is 1. The van der Waals surface area contributed by atoms with E-state index in [0.29, 0.717) is 18.8 Å². The molecule has 4 rings (SSSR count). The van der Waals surface area contributed by atoms with Crippen LogP contribution in [-0.4, -0.2) is 49.2 Å². The molecule has 0 spiro atoms. The summed E-state index contributed by atoms with van der Waals surface area (Å²) in [7, 11) is 1.54. The van der Waals surface area contributed by atoms with Crippen molar-refractivity contribution >= 4 is 39.4 Å². The molecule has 13 heteroatoms. The van der Waals surface area contributed by atoms with Crippen molar-refractivity contribution in [3.63, 3.8) is 0 Å². The number of rotatable bonds is 10. The van der Waals surface area contributed by atoms with Gasteiger partial charge < -0.3 is 20.4 Å². The first-order valence-corrected chi connectivity index (χ1v) is 11.5. The molecule has 35 heavy (non-hydrogen) atoms. The van der Waals surface area contributed by atoms with Crippen LogP contribution < -0.4 is 22.3 Å². The van der Waals surface area contributed by atoms with Gasteiger partial charge in [0.15, 0.2) is 16.3 Å². The Morgan fingerprint density at radius 1 is 1.17 bits per heavy atom. The summed E-state index contributed by atoms with van der Waals surface area (Å²) in [6.07, 6.45) is 1.42. The highest BCUT2D eigenvalue weighted by Crippen LogP contribution is 2.16. The predicted octanol–water partition coefficient (Wildman–Crippen LogP) is 0.177. The second kappa shape index (κ2) is 10.4. The SMILES string of the molecule is COCCn1cnc2c1c(=O)n(CC(=O)Nc1nc(CC(N)=O)cs1)c(=O)n2Cc1ccccc1. The van der Waals surface area contributed by atoms with Gasteiger partial charge >= 0.3 is 5.69 Å². The highest BCUT2D eigenvalue weighted by Gasteiger charge is 2.20. The number of methoxy groups -OCH3 is 1. The maximum absolute atomic E-state index is 13.4. The number of thiazole rings is 1. The number of nitrogens with zero attached hydrogens (tertiary/aromatic N) is 5. The molecule has 3 heterocycles. The molecular weight excluding hydrogens is 474 g/mol. The van der Waals surface area contributed by atoms with Crippen LogP contribution in [0.15, 0.2) is 51.6 Å². The van der Waals surface area contributed by atoms with Gasteiger partial charge in [-0.2, -0.15) is 0 Å². The molecule has 3 N–H and O–H groups in total. The summed E-state index contributed by atoms with van der Waals surface area (Å²) in [4.78, 5) is 58.9. The standard InChI is InChI=1S/C22H23N7O5S/c1-34-8-7-27-13-24-19-18(27)20(32)29(22(33)28(19)10-14-5-3-2-4-6-14)11-17(31)26-21-25-15(12-35-21)9-16(23)30/h2-6,12-13H,7-11H2,1H3,(H2,23,30)(H,25,26,31). The van der Waals surface area contributed by atoms with Crippen LogP contribution in [0.25, 0.3) is 11.2 Å². The van der Waals surface area contributed by atoms with Crippen molar-refractivity contribution < 1.29 is 14.3 Å². The summed E-state index contributed by atoms with van der Waals surface area (Å²) in [5.41, 5.74) is 5.56. The highest BCUT2D eigenvalue weighted by atomic mass is 32.1. The zero-order valence-corrected chi connectivity index (χ0v) is 19.7. The molecular formula is C22H23N7O5S. The molecule has 3 aromatic heterocycles. The molecule has 0 fully saturated rings. The number of nitrogens with one attached hydrogen (secondary N) is 1. The van der Waals surface area contributed by atoms with Crippen LogP contribution in [-0.2, 0) is 40.4 Å². The van der Waals surface area contributed by atoms with E-state index in [1.807, 2.05) is 30.3 Å². The van der Waals surface area contributed by atoms with E-state index in [-0.39, 0.29) is 29.3 Å². The van der Waals surface area contributed by atoms with Crippen molar-refractivity contribution in [2.24, 2.45) is 5.73 Å². The van der Waals surface area contributed by atoms with Gasteiger partial charge in [0.05, 0.1) is 31.6 Å². The van der Waals surface area contributed by atoms with E-state index in [1.165, 1.54) is 10.9 Å². The van der Waals surface area contributed by atoms with Crippen molar-refractivity contribution in [3.05, 3.63) is 74.1 Å². The zero-order valence-electron chi connectivity index (χ0n) is 18.8. The lowest BCUT2D eigenvalue weighted by atomic mass is 10.2. The molecule has 4 aromatic rings. The molecule has 0 radical (unpaired) electrons. The molecule has 182 valence electrons. The lowest BCUT2D eigenvalue weighted by molar-refractivity contribution is -0.117. The predicted molar refractivity (Wildman–Crippen MR) is 129 cm³/mol. The average Bonchev–Trinajstić information content (AvgIpc) is 3.45. The molecule has 0 bridgehead atoms. The topological polar surface area (TPSA) is 156 Å². The van der Waals surface area contributed by atoms with E-state index in [0.717, 1.165) is 21.5 Å². The Morgan fingerprint density at radius 3 is 2.66 bits per heavy atom. The maximum atomic E-state index is 13.4. The normalized spacial score (nSPS) is 11.1. The molecule has 1 aromatic carbocycles. The van der Waals surface area contributed by atoms with Crippen molar-refractivity contribution in [3.8, 4) is 0 Å². The molecule has 12 nitrogen and oxygen atoms in total. The van der Waals surface area contributed by atoms with Gasteiger partial charge in [-0.05, 0) is 5.56 Å². The Morgan fingerprint density at radius 2 is 1.94 bits per heavy atom. The first-order chi connectivity index (χ1) is 16.9. The van der Waals surface area contributed by atoms with Gasteiger partial charge in [-0.1, -0.05) is 30.3 Å². The van der Waals surface area contributed by atoms with Gasteiger partial charge in [-0.25, -0.2) is 19.3 Å². The molecule has 0 saturated heterocycles. The second-order valence-corrected chi connectivity index (χ2v) is 8.54. The largest absolute Gasteiger partial charge is 0.383 e. The third kappa shape index (κ3) is 5.36. The summed E-state index contributed by atoms with van der Waals surface area (Å²) < 4.78 is 8.97. The quantitative estimate of drug-likeness (QED) is 0.316. The number of carbonyl (C=O) groups excluding carboxylic acids is 2. The number of primary amides is 1. The number of hydrogen-bond acceptors (Lipinski definition) is 8. The van der Waals surface area contributed by atoms with Crippen LogP contribution in [0.5, 0.6) is 0 Å². The number of fused-ring (bicyclic) bond motifs is 1. The minimum Gasteiger partial charge on any atom is -0.383 e. The smallest absolute Gasteiger partial charge is 0.333 e. The number of imidazole rings is 1. The fourth-order valence-electron chi connectivity index (χ4n) is 3.57. The molecule has 2 amide bonds. The first kappa shape index (κ1) is 24.0. The minimum absolute atomic E-state index is 0.0574. The van der Waals surface area contributed by atoms with Gasteiger partial charge in [-0.3, -0.25) is 19.0 Å². The summed E-state index contributed by atoms with van der Waals surface area (Å²) in [6.45, 7) is 0.325. The van der Waals surface area contributed by atoms with E-state index < -0.39 is 29.6 Å². The molecule has 0 aliphatic heterocycles. The van der Waals surface area contributed by atoms with Gasteiger partial charge in [0.2, 0.25) is 11.8 Å². The fraction of sp³-hybridized carbons (Fsp3) is 0.273. The Bertz CT molecular complexity index is 1490. The summed E-state index contributed by atoms with van der Waals surface area (Å²) >= 11 is 1.11. The lowest BCUT2D eigenvalue weighted by Crippen LogP contribution is -2.43. The van der Waals surface area contributed by atoms with Gasteiger partial charge in [0.25, 0.3) is 5.56 Å². The van der Waals surface area contributed by atoms with Crippen LogP contribution in [0.4, 0.5) is 5.13 Å². The first-order valence-electron chi connectivity index (χ1n) is 10.6. The summed E-state index contributed by atoms with van der Waals surface area (Å²) in [6, 6.07) is 9.26. The van der Waals surface area contributed by atoms with E-state index in [2.05, 4.69) is 15.3 Å². The van der Waals surface area contributed by atoms with Crippen molar-refractivity contribution in [1.29, 1.82) is 0 Å².